The first kappa shape index (κ1) is 18.4. The number of aromatic amines is 1. The van der Waals surface area contributed by atoms with Crippen LogP contribution in [-0.2, 0) is 4.79 Å². The number of nitrogens with zero attached hydrogens (tertiary/aromatic N) is 1. The van der Waals surface area contributed by atoms with E-state index in [1.807, 2.05) is 24.3 Å². The Morgan fingerprint density at radius 3 is 2.73 bits per heavy atom. The van der Waals surface area contributed by atoms with Crippen molar-refractivity contribution in [2.75, 3.05) is 25.3 Å². The molecule has 0 spiro atoms. The Labute approximate surface area is 160 Å². The lowest BCUT2D eigenvalue weighted by Crippen LogP contribution is -2.13. The van der Waals surface area contributed by atoms with Gasteiger partial charge in [0.1, 0.15) is 11.5 Å². The number of hydrogen-bond donors (Lipinski definition) is 2. The van der Waals surface area contributed by atoms with E-state index in [0.29, 0.717) is 34.4 Å². The summed E-state index contributed by atoms with van der Waals surface area (Å²) in [5, 5.41) is 4.02. The number of halogens is 1. The first-order valence-corrected chi connectivity index (χ1v) is 9.26. The van der Waals surface area contributed by atoms with E-state index in [-0.39, 0.29) is 5.91 Å². The van der Waals surface area contributed by atoms with Crippen LogP contribution in [0.5, 0.6) is 11.5 Å². The van der Waals surface area contributed by atoms with Gasteiger partial charge in [0.25, 0.3) is 0 Å². The van der Waals surface area contributed by atoms with Gasteiger partial charge in [-0.3, -0.25) is 4.79 Å². The number of imidazole rings is 1. The summed E-state index contributed by atoms with van der Waals surface area (Å²) in [6.45, 7) is 0. The summed E-state index contributed by atoms with van der Waals surface area (Å²) in [6.07, 6.45) is 0.328. The number of H-pyrrole nitrogens is 1. The van der Waals surface area contributed by atoms with E-state index in [2.05, 4.69) is 15.3 Å². The zero-order chi connectivity index (χ0) is 18.5. The third kappa shape index (κ3) is 4.23. The lowest BCUT2D eigenvalue weighted by Gasteiger charge is -2.13. The van der Waals surface area contributed by atoms with Crippen LogP contribution in [0.2, 0.25) is 5.02 Å². The van der Waals surface area contributed by atoms with Crippen LogP contribution >= 0.6 is 23.4 Å². The molecule has 0 saturated heterocycles. The number of benzene rings is 2. The molecule has 0 unspecified atom stereocenters. The van der Waals surface area contributed by atoms with Gasteiger partial charge in [-0.05, 0) is 18.2 Å². The average Bonchev–Trinajstić information content (AvgIpc) is 3.04. The number of anilines is 1. The first-order valence-electron chi connectivity index (χ1n) is 7.89. The molecule has 8 heteroatoms. The molecule has 0 atom stereocenters. The average molecular weight is 392 g/mol. The maximum absolute atomic E-state index is 12.2. The number of aromatic nitrogens is 2. The summed E-state index contributed by atoms with van der Waals surface area (Å²) in [5.74, 6) is 1.44. The molecule has 0 bridgehead atoms. The Morgan fingerprint density at radius 1 is 1.23 bits per heavy atom. The van der Waals surface area contributed by atoms with Crippen molar-refractivity contribution in [2.24, 2.45) is 0 Å². The lowest BCUT2D eigenvalue weighted by molar-refractivity contribution is -0.115. The fourth-order valence-electron chi connectivity index (χ4n) is 2.41. The van der Waals surface area contributed by atoms with Gasteiger partial charge in [0.15, 0.2) is 5.16 Å². The van der Waals surface area contributed by atoms with Crippen molar-refractivity contribution in [1.82, 2.24) is 9.97 Å². The van der Waals surface area contributed by atoms with Gasteiger partial charge in [-0.1, -0.05) is 35.5 Å². The number of amides is 1. The number of rotatable bonds is 7. The standard InChI is InChI=1S/C18H18ClN3O3S/c1-24-15-10-16(25-2)14(9-11(15)19)20-17(23)7-8-26-18-21-12-5-3-4-6-13(12)22-18/h3-6,9-10H,7-8H2,1-2H3,(H,20,23)(H,21,22). The molecule has 0 fully saturated rings. The summed E-state index contributed by atoms with van der Waals surface area (Å²) >= 11 is 7.62. The van der Waals surface area contributed by atoms with Crippen molar-refractivity contribution in [3.8, 4) is 11.5 Å². The number of thioether (sulfide) groups is 1. The van der Waals surface area contributed by atoms with E-state index in [9.17, 15) is 4.79 Å². The van der Waals surface area contributed by atoms with E-state index >= 15 is 0 Å². The molecule has 2 N–H and O–H groups in total. The predicted octanol–water partition coefficient (Wildman–Crippen LogP) is 4.35. The van der Waals surface area contributed by atoms with Crippen molar-refractivity contribution < 1.29 is 14.3 Å². The third-order valence-corrected chi connectivity index (χ3v) is 4.85. The van der Waals surface area contributed by atoms with Gasteiger partial charge in [0, 0.05) is 18.2 Å². The highest BCUT2D eigenvalue weighted by molar-refractivity contribution is 7.99. The number of methoxy groups -OCH3 is 2. The van der Waals surface area contributed by atoms with Crippen LogP contribution in [0.1, 0.15) is 6.42 Å². The highest BCUT2D eigenvalue weighted by Crippen LogP contribution is 2.36. The second kappa shape index (κ2) is 8.33. The molecule has 3 rings (SSSR count). The SMILES string of the molecule is COc1cc(OC)c(NC(=O)CCSc2nc3ccccc3[nH]2)cc1Cl. The highest BCUT2D eigenvalue weighted by Gasteiger charge is 2.13. The Bertz CT molecular complexity index is 896. The Hall–Kier alpha value is -2.38. The number of hydrogen-bond acceptors (Lipinski definition) is 5. The monoisotopic (exact) mass is 391 g/mol. The predicted molar refractivity (Wildman–Crippen MR) is 105 cm³/mol. The molecule has 1 aromatic heterocycles. The minimum Gasteiger partial charge on any atom is -0.495 e. The van der Waals surface area contributed by atoms with Crippen LogP contribution in [0.15, 0.2) is 41.6 Å². The number of para-hydroxylation sites is 2. The highest BCUT2D eigenvalue weighted by atomic mass is 35.5. The number of nitrogens with one attached hydrogen (secondary N) is 2. The second-order valence-corrected chi connectivity index (χ2v) is 6.88. The van der Waals surface area contributed by atoms with Gasteiger partial charge >= 0.3 is 0 Å². The molecule has 3 aromatic rings. The summed E-state index contributed by atoms with van der Waals surface area (Å²) in [4.78, 5) is 19.9. The molecule has 1 heterocycles. The molecule has 0 aliphatic carbocycles. The van der Waals surface area contributed by atoms with E-state index in [1.165, 1.54) is 26.0 Å². The van der Waals surface area contributed by atoms with Crippen molar-refractivity contribution in [3.05, 3.63) is 41.4 Å². The fourth-order valence-corrected chi connectivity index (χ4v) is 3.48. The molecule has 0 aliphatic rings. The van der Waals surface area contributed by atoms with Crippen LogP contribution in [0, 0.1) is 0 Å². The summed E-state index contributed by atoms with van der Waals surface area (Å²) < 4.78 is 10.4. The van der Waals surface area contributed by atoms with Crippen molar-refractivity contribution in [2.45, 2.75) is 11.6 Å². The van der Waals surface area contributed by atoms with Gasteiger partial charge in [-0.25, -0.2) is 4.98 Å². The molecule has 26 heavy (non-hydrogen) atoms. The number of ether oxygens (including phenoxy) is 2. The quantitative estimate of drug-likeness (QED) is 0.585. The van der Waals surface area contributed by atoms with Crippen molar-refractivity contribution >= 4 is 46.0 Å². The summed E-state index contributed by atoms with van der Waals surface area (Å²) in [6, 6.07) is 11.1. The number of carbonyl (C=O) groups excluding carboxylic acids is 1. The maximum atomic E-state index is 12.2. The minimum absolute atomic E-state index is 0.131. The molecular weight excluding hydrogens is 374 g/mol. The van der Waals surface area contributed by atoms with Crippen molar-refractivity contribution in [3.63, 3.8) is 0 Å². The molecule has 136 valence electrons. The smallest absolute Gasteiger partial charge is 0.225 e. The van der Waals surface area contributed by atoms with E-state index in [1.54, 1.807) is 12.1 Å². The van der Waals surface area contributed by atoms with Gasteiger partial charge < -0.3 is 19.8 Å². The molecule has 0 saturated carbocycles. The van der Waals surface area contributed by atoms with Gasteiger partial charge in [0.2, 0.25) is 5.91 Å². The lowest BCUT2D eigenvalue weighted by atomic mass is 10.2. The zero-order valence-electron chi connectivity index (χ0n) is 14.3. The largest absolute Gasteiger partial charge is 0.495 e. The Morgan fingerprint density at radius 2 is 2.00 bits per heavy atom. The number of fused-ring (bicyclic) bond motifs is 1. The zero-order valence-corrected chi connectivity index (χ0v) is 15.9. The van der Waals surface area contributed by atoms with Crippen LogP contribution in [0.25, 0.3) is 11.0 Å². The van der Waals surface area contributed by atoms with Crippen LogP contribution in [-0.4, -0.2) is 35.8 Å². The second-order valence-electron chi connectivity index (χ2n) is 5.39. The third-order valence-electron chi connectivity index (χ3n) is 3.68. The normalized spacial score (nSPS) is 10.7. The van der Waals surface area contributed by atoms with Crippen molar-refractivity contribution in [1.29, 1.82) is 0 Å². The fraction of sp³-hybridized carbons (Fsp3) is 0.222. The number of carbonyl (C=O) groups is 1. The topological polar surface area (TPSA) is 76.2 Å². The van der Waals surface area contributed by atoms with Gasteiger partial charge in [0.05, 0.1) is 36.0 Å². The van der Waals surface area contributed by atoms with Crippen LogP contribution < -0.4 is 14.8 Å². The molecule has 0 aliphatic heterocycles. The molecule has 0 radical (unpaired) electrons. The van der Waals surface area contributed by atoms with E-state index in [4.69, 9.17) is 21.1 Å². The van der Waals surface area contributed by atoms with Gasteiger partial charge in [-0.2, -0.15) is 0 Å². The minimum atomic E-state index is -0.131. The molecule has 2 aromatic carbocycles. The first-order chi connectivity index (χ1) is 12.6. The summed E-state index contributed by atoms with van der Waals surface area (Å²) in [7, 11) is 3.05. The summed E-state index contributed by atoms with van der Waals surface area (Å²) in [5.41, 5.74) is 2.41. The van der Waals surface area contributed by atoms with Crippen LogP contribution in [0.4, 0.5) is 5.69 Å². The molecular formula is C18H18ClN3O3S. The maximum Gasteiger partial charge on any atom is 0.225 e. The Kier molecular flexibility index (Phi) is 5.90. The van der Waals surface area contributed by atoms with E-state index in [0.717, 1.165) is 16.2 Å². The Balaban J connectivity index is 1.58. The van der Waals surface area contributed by atoms with E-state index < -0.39 is 0 Å². The van der Waals surface area contributed by atoms with Gasteiger partial charge in [-0.15, -0.1) is 0 Å². The molecule has 6 nitrogen and oxygen atoms in total. The van der Waals surface area contributed by atoms with Crippen LogP contribution in [0.3, 0.4) is 0 Å². The molecule has 1 amide bonds.